The van der Waals surface area contributed by atoms with Crippen LogP contribution in [0, 0.1) is 5.92 Å². The number of imidazole rings is 1. The first kappa shape index (κ1) is 17.1. The van der Waals surface area contributed by atoms with Gasteiger partial charge in [0.1, 0.15) is 11.9 Å². The van der Waals surface area contributed by atoms with E-state index in [4.69, 9.17) is 23.2 Å². The SMILES string of the molecule is CC1CCN(c2cc(-n3ccnc3)c3ccc(Cl)c(Cl)c3n2)C1C(=O)O. The van der Waals surface area contributed by atoms with Crippen molar-refractivity contribution in [2.75, 3.05) is 11.4 Å². The number of hydrogen-bond donors (Lipinski definition) is 1. The van der Waals surface area contributed by atoms with E-state index in [-0.39, 0.29) is 5.92 Å². The highest BCUT2D eigenvalue weighted by Crippen LogP contribution is 2.37. The van der Waals surface area contributed by atoms with Crippen LogP contribution in [0.15, 0.2) is 36.9 Å². The number of fused-ring (bicyclic) bond motifs is 1. The summed E-state index contributed by atoms with van der Waals surface area (Å²) in [5.41, 5.74) is 1.37. The van der Waals surface area contributed by atoms with Crippen molar-refractivity contribution in [3.63, 3.8) is 0 Å². The van der Waals surface area contributed by atoms with Gasteiger partial charge in [0, 0.05) is 30.4 Å². The fourth-order valence-corrected chi connectivity index (χ4v) is 3.91. The van der Waals surface area contributed by atoms with Crippen molar-refractivity contribution in [2.45, 2.75) is 19.4 Å². The van der Waals surface area contributed by atoms with Crippen molar-refractivity contribution >= 4 is 45.9 Å². The third-order valence-electron chi connectivity index (χ3n) is 4.87. The minimum absolute atomic E-state index is 0.0384. The topological polar surface area (TPSA) is 71.2 Å². The highest BCUT2D eigenvalue weighted by Gasteiger charge is 2.37. The molecular weight excluding hydrogens is 375 g/mol. The predicted molar refractivity (Wildman–Crippen MR) is 101 cm³/mol. The Hall–Kier alpha value is -2.31. The van der Waals surface area contributed by atoms with Gasteiger partial charge in [-0.2, -0.15) is 0 Å². The van der Waals surface area contributed by atoms with Gasteiger partial charge in [0.25, 0.3) is 0 Å². The molecule has 1 aliphatic rings. The lowest BCUT2D eigenvalue weighted by molar-refractivity contribution is -0.139. The molecule has 26 heavy (non-hydrogen) atoms. The molecule has 0 amide bonds. The first-order valence-electron chi connectivity index (χ1n) is 8.24. The molecule has 1 aromatic carbocycles. The summed E-state index contributed by atoms with van der Waals surface area (Å²) in [4.78, 5) is 22.4. The quantitative estimate of drug-likeness (QED) is 0.730. The summed E-state index contributed by atoms with van der Waals surface area (Å²) < 4.78 is 1.85. The number of benzene rings is 1. The van der Waals surface area contributed by atoms with E-state index in [1.54, 1.807) is 18.6 Å². The van der Waals surface area contributed by atoms with Gasteiger partial charge in [0.2, 0.25) is 0 Å². The molecular formula is C18H16Cl2N4O2. The molecule has 3 aromatic rings. The average molecular weight is 391 g/mol. The molecule has 0 saturated carbocycles. The van der Waals surface area contributed by atoms with Crippen LogP contribution in [-0.2, 0) is 4.79 Å². The molecule has 1 saturated heterocycles. The molecule has 1 aliphatic heterocycles. The normalized spacial score (nSPS) is 20.0. The first-order valence-corrected chi connectivity index (χ1v) is 8.99. The second-order valence-electron chi connectivity index (χ2n) is 6.47. The molecule has 0 spiro atoms. The number of rotatable bonds is 3. The Morgan fingerprint density at radius 1 is 1.35 bits per heavy atom. The Kier molecular flexibility index (Phi) is 4.25. The molecule has 8 heteroatoms. The van der Waals surface area contributed by atoms with Crippen molar-refractivity contribution in [1.82, 2.24) is 14.5 Å². The lowest BCUT2D eigenvalue weighted by atomic mass is 10.0. The third kappa shape index (κ3) is 2.70. The van der Waals surface area contributed by atoms with Gasteiger partial charge in [0.15, 0.2) is 0 Å². The maximum Gasteiger partial charge on any atom is 0.326 e. The molecule has 6 nitrogen and oxygen atoms in total. The van der Waals surface area contributed by atoms with Crippen LogP contribution < -0.4 is 4.90 Å². The molecule has 0 aliphatic carbocycles. The summed E-state index contributed by atoms with van der Waals surface area (Å²) >= 11 is 12.6. The highest BCUT2D eigenvalue weighted by molar-refractivity contribution is 6.45. The zero-order chi connectivity index (χ0) is 18.4. The second kappa shape index (κ2) is 6.45. The second-order valence-corrected chi connectivity index (χ2v) is 7.25. The number of pyridine rings is 1. The summed E-state index contributed by atoms with van der Waals surface area (Å²) in [5.74, 6) is -0.239. The first-order chi connectivity index (χ1) is 12.5. The number of nitrogens with zero attached hydrogens (tertiary/aromatic N) is 4. The molecule has 0 bridgehead atoms. The van der Waals surface area contributed by atoms with Crippen LogP contribution in [-0.4, -0.2) is 38.2 Å². The van der Waals surface area contributed by atoms with Gasteiger partial charge in [0.05, 0.1) is 27.6 Å². The van der Waals surface area contributed by atoms with Crippen LogP contribution in [0.5, 0.6) is 0 Å². The molecule has 1 N–H and O–H groups in total. The van der Waals surface area contributed by atoms with Gasteiger partial charge in [-0.15, -0.1) is 0 Å². The minimum Gasteiger partial charge on any atom is -0.480 e. The van der Waals surface area contributed by atoms with Crippen LogP contribution in [0.1, 0.15) is 13.3 Å². The summed E-state index contributed by atoms with van der Waals surface area (Å²) in [6, 6.07) is 4.85. The van der Waals surface area contributed by atoms with E-state index in [1.165, 1.54) is 0 Å². The van der Waals surface area contributed by atoms with Crippen LogP contribution in [0.25, 0.3) is 16.6 Å². The highest BCUT2D eigenvalue weighted by atomic mass is 35.5. The van der Waals surface area contributed by atoms with E-state index in [9.17, 15) is 9.90 Å². The predicted octanol–water partition coefficient (Wildman–Crippen LogP) is 4.03. The van der Waals surface area contributed by atoms with E-state index in [0.29, 0.717) is 27.9 Å². The number of carboxylic acids is 1. The number of carbonyl (C=O) groups is 1. The Morgan fingerprint density at radius 2 is 2.15 bits per heavy atom. The van der Waals surface area contributed by atoms with E-state index in [1.807, 2.05) is 34.7 Å². The number of halogens is 2. The fourth-order valence-electron chi connectivity index (χ4n) is 3.55. The van der Waals surface area contributed by atoms with Gasteiger partial charge in [-0.3, -0.25) is 0 Å². The summed E-state index contributed by atoms with van der Waals surface area (Å²) in [5, 5.41) is 11.2. The Bertz CT molecular complexity index is 991. The van der Waals surface area contributed by atoms with Crippen LogP contribution >= 0.6 is 23.2 Å². The Morgan fingerprint density at radius 3 is 2.85 bits per heavy atom. The zero-order valence-electron chi connectivity index (χ0n) is 13.9. The summed E-state index contributed by atoms with van der Waals surface area (Å²) in [6.07, 6.45) is 5.98. The fraction of sp³-hybridized carbons (Fsp3) is 0.278. The van der Waals surface area contributed by atoms with Gasteiger partial charge in [-0.25, -0.2) is 14.8 Å². The molecule has 3 heterocycles. The maximum absolute atomic E-state index is 11.8. The molecule has 1 fully saturated rings. The van der Waals surface area contributed by atoms with Crippen LogP contribution in [0.2, 0.25) is 10.0 Å². The summed E-state index contributed by atoms with van der Waals surface area (Å²) in [7, 11) is 0. The van der Waals surface area contributed by atoms with Crippen molar-refractivity contribution in [3.8, 4) is 5.69 Å². The monoisotopic (exact) mass is 390 g/mol. The number of aliphatic carboxylic acids is 1. The summed E-state index contributed by atoms with van der Waals surface area (Å²) in [6.45, 7) is 2.57. The standard InChI is InChI=1S/C18H16Cl2N4O2/c1-10-4-6-24(17(10)18(25)26)14-8-13(23-7-5-21-9-23)11-2-3-12(19)15(20)16(11)22-14/h2-3,5,7-10,17H,4,6H2,1H3,(H,25,26). The molecule has 134 valence electrons. The lowest BCUT2D eigenvalue weighted by Crippen LogP contribution is -2.39. The lowest BCUT2D eigenvalue weighted by Gasteiger charge is -2.25. The molecule has 2 unspecified atom stereocenters. The number of hydrogen-bond acceptors (Lipinski definition) is 4. The van der Waals surface area contributed by atoms with Gasteiger partial charge in [-0.05, 0) is 24.5 Å². The molecule has 2 aromatic heterocycles. The smallest absolute Gasteiger partial charge is 0.326 e. The van der Waals surface area contributed by atoms with Gasteiger partial charge >= 0.3 is 5.97 Å². The van der Waals surface area contributed by atoms with Crippen molar-refractivity contribution in [1.29, 1.82) is 0 Å². The van der Waals surface area contributed by atoms with E-state index < -0.39 is 12.0 Å². The molecule has 4 rings (SSSR count). The van der Waals surface area contributed by atoms with Gasteiger partial charge < -0.3 is 14.6 Å². The Labute approximate surface area is 160 Å². The number of anilines is 1. The molecule has 0 radical (unpaired) electrons. The minimum atomic E-state index is -0.849. The van der Waals surface area contributed by atoms with Gasteiger partial charge in [-0.1, -0.05) is 30.1 Å². The van der Waals surface area contributed by atoms with E-state index in [0.717, 1.165) is 17.5 Å². The van der Waals surface area contributed by atoms with E-state index in [2.05, 4.69) is 9.97 Å². The third-order valence-corrected chi connectivity index (χ3v) is 5.66. The number of carboxylic acid groups (broad SMARTS) is 1. The zero-order valence-corrected chi connectivity index (χ0v) is 15.4. The maximum atomic E-state index is 11.8. The van der Waals surface area contributed by atoms with Crippen molar-refractivity contribution in [3.05, 3.63) is 47.0 Å². The number of aromatic nitrogens is 3. The average Bonchev–Trinajstić information content (AvgIpc) is 3.27. The van der Waals surface area contributed by atoms with E-state index >= 15 is 0 Å². The van der Waals surface area contributed by atoms with Crippen LogP contribution in [0.3, 0.4) is 0 Å². The van der Waals surface area contributed by atoms with Crippen molar-refractivity contribution in [2.24, 2.45) is 5.92 Å². The van der Waals surface area contributed by atoms with Crippen LogP contribution in [0.4, 0.5) is 5.82 Å². The van der Waals surface area contributed by atoms with Crippen molar-refractivity contribution < 1.29 is 9.90 Å². The Balaban J connectivity index is 1.96. The molecule has 2 atom stereocenters. The largest absolute Gasteiger partial charge is 0.480 e.